The van der Waals surface area contributed by atoms with E-state index in [4.69, 9.17) is 29.2 Å². The maximum Gasteiger partial charge on any atom is 0.341 e. The maximum absolute atomic E-state index is 10.1. The number of aliphatic carboxylic acids is 1. The van der Waals surface area contributed by atoms with Crippen molar-refractivity contribution in [1.29, 1.82) is 0 Å². The maximum atomic E-state index is 10.1. The van der Waals surface area contributed by atoms with E-state index in [0.717, 1.165) is 42.3 Å². The molecule has 140 valence electrons. The van der Waals surface area contributed by atoms with Crippen LogP contribution in [0.25, 0.3) is 0 Å². The van der Waals surface area contributed by atoms with Crippen molar-refractivity contribution >= 4 is 5.97 Å². The molecule has 2 aromatic rings. The number of carboxylic acids is 1. The van der Waals surface area contributed by atoms with E-state index in [0.29, 0.717) is 0 Å². The van der Waals surface area contributed by atoms with Gasteiger partial charge in [0.05, 0.1) is 20.8 Å². The molecule has 0 atom stereocenters. The fourth-order valence-corrected chi connectivity index (χ4v) is 2.42. The Balaban J connectivity index is 0.000000190. The summed E-state index contributed by atoms with van der Waals surface area (Å²) in [5, 5.41) is 17.4. The summed E-state index contributed by atoms with van der Waals surface area (Å²) in [7, 11) is 3.31. The molecule has 0 saturated carbocycles. The van der Waals surface area contributed by atoms with Gasteiger partial charge in [0.1, 0.15) is 17.2 Å². The molecule has 0 saturated heterocycles. The van der Waals surface area contributed by atoms with Crippen LogP contribution >= 0.6 is 0 Å². The number of carboxylic acid groups (broad SMARTS) is 1. The Hall–Kier alpha value is -3.09. The number of hydrogen-bond acceptors (Lipinski definition) is 6. The second kappa shape index (κ2) is 9.41. The van der Waals surface area contributed by atoms with Crippen LogP contribution in [-0.2, 0) is 11.2 Å². The SMILES string of the molecule is COc1cc(OC)c2c(c1)OCCC2.O=C(O)COc1ccccc1O. The van der Waals surface area contributed by atoms with Crippen molar-refractivity contribution in [3.63, 3.8) is 0 Å². The average Bonchev–Trinajstić information content (AvgIpc) is 2.66. The average molecular weight is 362 g/mol. The van der Waals surface area contributed by atoms with Crippen molar-refractivity contribution in [3.8, 4) is 28.7 Å². The zero-order valence-electron chi connectivity index (χ0n) is 14.7. The summed E-state index contributed by atoms with van der Waals surface area (Å²) in [4.78, 5) is 10.1. The molecule has 1 aliphatic heterocycles. The van der Waals surface area contributed by atoms with Crippen molar-refractivity contribution in [2.45, 2.75) is 12.8 Å². The summed E-state index contributed by atoms with van der Waals surface area (Å²) in [5.41, 5.74) is 1.15. The minimum atomic E-state index is -1.07. The Kier molecular flexibility index (Phi) is 6.96. The quantitative estimate of drug-likeness (QED) is 0.844. The molecule has 26 heavy (non-hydrogen) atoms. The van der Waals surface area contributed by atoms with Gasteiger partial charge in [0.25, 0.3) is 0 Å². The second-order valence-electron chi connectivity index (χ2n) is 5.41. The van der Waals surface area contributed by atoms with Crippen molar-refractivity contribution in [2.75, 3.05) is 27.4 Å². The van der Waals surface area contributed by atoms with Gasteiger partial charge in [-0.2, -0.15) is 0 Å². The highest BCUT2D eigenvalue weighted by molar-refractivity contribution is 5.68. The minimum Gasteiger partial charge on any atom is -0.504 e. The second-order valence-corrected chi connectivity index (χ2v) is 5.41. The first-order chi connectivity index (χ1) is 12.5. The number of ether oxygens (including phenoxy) is 4. The Morgan fingerprint density at radius 3 is 2.58 bits per heavy atom. The van der Waals surface area contributed by atoms with Crippen LogP contribution < -0.4 is 18.9 Å². The van der Waals surface area contributed by atoms with Crippen LogP contribution in [0, 0.1) is 0 Å². The molecule has 2 N–H and O–H groups in total. The highest BCUT2D eigenvalue weighted by Gasteiger charge is 2.16. The van der Waals surface area contributed by atoms with Crippen LogP contribution in [0.3, 0.4) is 0 Å². The Labute approximate surface area is 151 Å². The number of hydrogen-bond donors (Lipinski definition) is 2. The fraction of sp³-hybridized carbons (Fsp3) is 0.316. The predicted molar refractivity (Wildman–Crippen MR) is 94.6 cm³/mol. The van der Waals surface area contributed by atoms with Gasteiger partial charge >= 0.3 is 5.97 Å². The molecule has 0 bridgehead atoms. The van der Waals surface area contributed by atoms with Crippen LogP contribution in [-0.4, -0.2) is 43.6 Å². The highest BCUT2D eigenvalue weighted by Crippen LogP contribution is 2.36. The minimum absolute atomic E-state index is 0.0567. The molecule has 0 aromatic heterocycles. The lowest BCUT2D eigenvalue weighted by Crippen LogP contribution is -2.09. The molecule has 0 amide bonds. The van der Waals surface area contributed by atoms with Crippen molar-refractivity contribution in [3.05, 3.63) is 42.0 Å². The lowest BCUT2D eigenvalue weighted by atomic mass is 10.0. The summed E-state index contributed by atoms with van der Waals surface area (Å²) < 4.78 is 20.8. The molecule has 2 aromatic carbocycles. The smallest absolute Gasteiger partial charge is 0.341 e. The number of methoxy groups -OCH3 is 2. The van der Waals surface area contributed by atoms with E-state index >= 15 is 0 Å². The van der Waals surface area contributed by atoms with E-state index in [1.165, 1.54) is 12.1 Å². The van der Waals surface area contributed by atoms with E-state index in [-0.39, 0.29) is 11.5 Å². The van der Waals surface area contributed by atoms with Gasteiger partial charge in [-0.25, -0.2) is 4.79 Å². The van der Waals surface area contributed by atoms with Crippen LogP contribution in [0.5, 0.6) is 28.7 Å². The van der Waals surface area contributed by atoms with Gasteiger partial charge in [0, 0.05) is 17.7 Å². The lowest BCUT2D eigenvalue weighted by Gasteiger charge is -2.20. The molecular weight excluding hydrogens is 340 g/mol. The number of phenols is 1. The number of fused-ring (bicyclic) bond motifs is 1. The largest absolute Gasteiger partial charge is 0.504 e. The zero-order chi connectivity index (χ0) is 18.9. The molecule has 0 unspecified atom stereocenters. The van der Waals surface area contributed by atoms with Gasteiger partial charge in [-0.1, -0.05) is 12.1 Å². The summed E-state index contributed by atoms with van der Waals surface area (Å²) >= 11 is 0. The third-order valence-corrected chi connectivity index (χ3v) is 3.64. The van der Waals surface area contributed by atoms with Gasteiger partial charge in [-0.05, 0) is 25.0 Å². The van der Waals surface area contributed by atoms with E-state index in [2.05, 4.69) is 0 Å². The number of rotatable bonds is 5. The van der Waals surface area contributed by atoms with Gasteiger partial charge in [-0.15, -0.1) is 0 Å². The summed E-state index contributed by atoms with van der Waals surface area (Å²) in [6.07, 6.45) is 2.07. The van der Waals surface area contributed by atoms with Crippen molar-refractivity contribution in [1.82, 2.24) is 0 Å². The number of phenolic OH excluding ortho intramolecular Hbond substituents is 1. The van der Waals surface area contributed by atoms with Crippen LogP contribution in [0.15, 0.2) is 36.4 Å². The fourth-order valence-electron chi connectivity index (χ4n) is 2.42. The molecule has 1 heterocycles. The summed E-state index contributed by atoms with van der Waals surface area (Å²) in [5.74, 6) is 1.59. The van der Waals surface area contributed by atoms with Crippen molar-refractivity contribution in [2.24, 2.45) is 0 Å². The first-order valence-electron chi connectivity index (χ1n) is 8.05. The Morgan fingerprint density at radius 1 is 1.15 bits per heavy atom. The summed E-state index contributed by atoms with van der Waals surface area (Å²) in [6, 6.07) is 10.0. The lowest BCUT2D eigenvalue weighted by molar-refractivity contribution is -0.139. The molecular formula is C19H22O7. The van der Waals surface area contributed by atoms with E-state index in [1.807, 2.05) is 12.1 Å². The molecule has 0 radical (unpaired) electrons. The monoisotopic (exact) mass is 362 g/mol. The normalized spacial score (nSPS) is 11.9. The van der Waals surface area contributed by atoms with E-state index < -0.39 is 12.6 Å². The first-order valence-corrected chi connectivity index (χ1v) is 8.05. The summed E-state index contributed by atoms with van der Waals surface area (Å²) in [6.45, 7) is 0.334. The van der Waals surface area contributed by atoms with Gasteiger partial charge in [0.2, 0.25) is 0 Å². The third kappa shape index (κ3) is 5.20. The highest BCUT2D eigenvalue weighted by atomic mass is 16.5. The Morgan fingerprint density at radius 2 is 1.92 bits per heavy atom. The molecule has 1 aliphatic rings. The molecule has 0 aliphatic carbocycles. The van der Waals surface area contributed by atoms with Crippen molar-refractivity contribution < 1.29 is 34.0 Å². The van der Waals surface area contributed by atoms with Gasteiger partial charge in [-0.3, -0.25) is 0 Å². The Bertz CT molecular complexity index is 725. The van der Waals surface area contributed by atoms with Crippen LogP contribution in [0.2, 0.25) is 0 Å². The first kappa shape index (κ1) is 19.2. The van der Waals surface area contributed by atoms with E-state index in [9.17, 15) is 4.79 Å². The standard InChI is InChI=1S/C11H14O3.C8H8O4/c1-12-8-6-10(13-2)9-4-3-5-14-11(9)7-8;9-6-3-1-2-4-7(6)12-5-8(10)11/h6-7H,3-5H2,1-2H3;1-4,9H,5H2,(H,10,11). The van der Waals surface area contributed by atoms with Crippen LogP contribution in [0.1, 0.15) is 12.0 Å². The molecule has 7 nitrogen and oxygen atoms in total. The molecule has 0 fully saturated rings. The topological polar surface area (TPSA) is 94.5 Å². The predicted octanol–water partition coefficient (Wildman–Crippen LogP) is 2.88. The third-order valence-electron chi connectivity index (χ3n) is 3.64. The van der Waals surface area contributed by atoms with Gasteiger partial charge in [0.15, 0.2) is 18.1 Å². The van der Waals surface area contributed by atoms with Gasteiger partial charge < -0.3 is 29.2 Å². The van der Waals surface area contributed by atoms with E-state index in [1.54, 1.807) is 26.4 Å². The molecule has 0 spiro atoms. The number of carbonyl (C=O) groups is 1. The number of benzene rings is 2. The number of para-hydroxylation sites is 2. The zero-order valence-corrected chi connectivity index (χ0v) is 14.7. The van der Waals surface area contributed by atoms with Crippen LogP contribution in [0.4, 0.5) is 0 Å². The molecule has 3 rings (SSSR count). The molecule has 7 heteroatoms. The number of aromatic hydroxyl groups is 1.